The molecule has 0 aliphatic carbocycles. The largest absolute Gasteiger partial charge is 0.396 e. The van der Waals surface area contributed by atoms with Crippen LogP contribution in [0.5, 0.6) is 0 Å². The fraction of sp³-hybridized carbons (Fsp3) is 0.200. The van der Waals surface area contributed by atoms with Crippen LogP contribution < -0.4 is 5.56 Å². The van der Waals surface area contributed by atoms with Gasteiger partial charge in [-0.2, -0.15) is 0 Å². The number of aliphatic hydroxyl groups excluding tert-OH is 1. The van der Waals surface area contributed by atoms with Crippen LogP contribution in [0.4, 0.5) is 4.39 Å². The minimum Gasteiger partial charge on any atom is -0.396 e. The number of hydrogen-bond acceptors (Lipinski definition) is 3. The zero-order valence-electron chi connectivity index (χ0n) is 14.2. The quantitative estimate of drug-likeness (QED) is 0.744. The fourth-order valence-electron chi connectivity index (χ4n) is 2.86. The molecule has 0 bridgehead atoms. The third kappa shape index (κ3) is 3.69. The van der Waals surface area contributed by atoms with Gasteiger partial charge in [-0.3, -0.25) is 9.36 Å². The molecule has 0 fully saturated rings. The van der Waals surface area contributed by atoms with Crippen molar-refractivity contribution in [3.63, 3.8) is 0 Å². The van der Waals surface area contributed by atoms with Gasteiger partial charge in [-0.05, 0) is 37.3 Å². The maximum Gasteiger partial charge on any atom is 0.257 e. The van der Waals surface area contributed by atoms with Crippen LogP contribution in [0.2, 0.25) is 5.02 Å². The number of benzene rings is 2. The first kappa shape index (κ1) is 18.3. The molecule has 0 aliphatic heterocycles. The van der Waals surface area contributed by atoms with E-state index in [1.807, 2.05) is 0 Å². The van der Waals surface area contributed by atoms with Crippen molar-refractivity contribution < 1.29 is 9.50 Å². The highest BCUT2D eigenvalue weighted by molar-refractivity contribution is 6.30. The van der Waals surface area contributed by atoms with Gasteiger partial charge in [-0.15, -0.1) is 0 Å². The van der Waals surface area contributed by atoms with E-state index >= 15 is 0 Å². The Bertz CT molecular complexity index is 984. The Morgan fingerprint density at radius 2 is 1.85 bits per heavy atom. The van der Waals surface area contributed by atoms with E-state index in [0.717, 1.165) is 0 Å². The summed E-state index contributed by atoms with van der Waals surface area (Å²) in [5.74, 6) is 0.0554. The highest BCUT2D eigenvalue weighted by Crippen LogP contribution is 2.21. The molecule has 1 aromatic heterocycles. The molecular weight excluding hydrogens is 355 g/mol. The van der Waals surface area contributed by atoms with E-state index in [9.17, 15) is 14.3 Å². The van der Waals surface area contributed by atoms with Crippen molar-refractivity contribution in [2.75, 3.05) is 6.61 Å². The number of aliphatic hydroxyl groups is 1. The number of hydrogen-bond donors (Lipinski definition) is 1. The monoisotopic (exact) mass is 372 g/mol. The number of nitrogens with zero attached hydrogens (tertiary/aromatic N) is 2. The molecule has 4 nitrogen and oxygen atoms in total. The summed E-state index contributed by atoms with van der Waals surface area (Å²) in [7, 11) is 0. The zero-order chi connectivity index (χ0) is 18.7. The van der Waals surface area contributed by atoms with Gasteiger partial charge in [-0.25, -0.2) is 9.37 Å². The molecule has 134 valence electrons. The van der Waals surface area contributed by atoms with Gasteiger partial charge in [0.1, 0.15) is 11.6 Å². The molecule has 1 heterocycles. The number of aryl methyl sites for hydroxylation is 1. The van der Waals surface area contributed by atoms with Crippen molar-refractivity contribution in [1.29, 1.82) is 0 Å². The third-order valence-electron chi connectivity index (χ3n) is 4.22. The standard InChI is InChI=1S/C20H18ClFN2O2/c1-13-17(10-11-25)20(26)24(12-15-4-2-3-5-18(15)22)19(23-13)14-6-8-16(21)9-7-14/h2-9,25H,10-12H2,1H3. The smallest absolute Gasteiger partial charge is 0.257 e. The van der Waals surface area contributed by atoms with Crippen LogP contribution in [0.3, 0.4) is 0 Å². The van der Waals surface area contributed by atoms with Gasteiger partial charge in [0.05, 0.1) is 6.54 Å². The Morgan fingerprint density at radius 3 is 2.50 bits per heavy atom. The van der Waals surface area contributed by atoms with Crippen LogP contribution in [0.25, 0.3) is 11.4 Å². The minimum absolute atomic E-state index is 0.0508. The molecule has 6 heteroatoms. The van der Waals surface area contributed by atoms with Crippen molar-refractivity contribution >= 4 is 11.6 Å². The van der Waals surface area contributed by atoms with E-state index in [1.54, 1.807) is 49.4 Å². The van der Waals surface area contributed by atoms with E-state index in [-0.39, 0.29) is 30.9 Å². The molecular formula is C20H18ClFN2O2. The van der Waals surface area contributed by atoms with Gasteiger partial charge in [0.15, 0.2) is 0 Å². The van der Waals surface area contributed by atoms with Crippen molar-refractivity contribution in [3.8, 4) is 11.4 Å². The van der Waals surface area contributed by atoms with Gasteiger partial charge in [0.25, 0.3) is 5.56 Å². The van der Waals surface area contributed by atoms with Crippen LogP contribution in [0.1, 0.15) is 16.8 Å². The summed E-state index contributed by atoms with van der Waals surface area (Å²) in [6, 6.07) is 13.3. The summed E-state index contributed by atoms with van der Waals surface area (Å²) in [4.78, 5) is 17.6. The molecule has 3 rings (SSSR count). The number of aromatic nitrogens is 2. The Hall–Kier alpha value is -2.50. The van der Waals surface area contributed by atoms with E-state index < -0.39 is 0 Å². The van der Waals surface area contributed by atoms with Gasteiger partial charge < -0.3 is 5.11 Å². The highest BCUT2D eigenvalue weighted by Gasteiger charge is 2.16. The van der Waals surface area contributed by atoms with Crippen molar-refractivity contribution in [2.45, 2.75) is 19.9 Å². The average Bonchev–Trinajstić information content (AvgIpc) is 2.63. The lowest BCUT2D eigenvalue weighted by atomic mass is 10.1. The van der Waals surface area contributed by atoms with Crippen molar-refractivity contribution in [3.05, 3.63) is 86.5 Å². The van der Waals surface area contributed by atoms with Crippen molar-refractivity contribution in [1.82, 2.24) is 9.55 Å². The molecule has 1 N–H and O–H groups in total. The average molecular weight is 373 g/mol. The Balaban J connectivity index is 2.21. The summed E-state index contributed by atoms with van der Waals surface area (Å²) in [6.07, 6.45) is 0.204. The van der Waals surface area contributed by atoms with E-state index in [0.29, 0.717) is 33.2 Å². The minimum atomic E-state index is -0.384. The lowest BCUT2D eigenvalue weighted by Crippen LogP contribution is -2.29. The maximum atomic E-state index is 14.1. The van der Waals surface area contributed by atoms with Gasteiger partial charge in [-0.1, -0.05) is 29.8 Å². The zero-order valence-corrected chi connectivity index (χ0v) is 15.0. The van der Waals surface area contributed by atoms with Gasteiger partial charge in [0.2, 0.25) is 0 Å². The second-order valence-corrected chi connectivity index (χ2v) is 6.40. The topological polar surface area (TPSA) is 55.1 Å². The summed E-state index contributed by atoms with van der Waals surface area (Å²) < 4.78 is 15.6. The van der Waals surface area contributed by atoms with Crippen LogP contribution in [-0.4, -0.2) is 21.3 Å². The molecule has 0 aliphatic rings. The molecule has 0 amide bonds. The number of halogens is 2. The summed E-state index contributed by atoms with van der Waals surface area (Å²) >= 11 is 5.95. The first-order valence-electron chi connectivity index (χ1n) is 8.21. The second-order valence-electron chi connectivity index (χ2n) is 5.96. The maximum absolute atomic E-state index is 14.1. The normalized spacial score (nSPS) is 10.9. The molecule has 3 aromatic rings. The highest BCUT2D eigenvalue weighted by atomic mass is 35.5. The van der Waals surface area contributed by atoms with Crippen LogP contribution in [-0.2, 0) is 13.0 Å². The Labute approximate surface area is 155 Å². The number of rotatable bonds is 5. The Kier molecular flexibility index (Phi) is 5.49. The molecule has 0 spiro atoms. The SMILES string of the molecule is Cc1nc(-c2ccc(Cl)cc2)n(Cc2ccccc2F)c(=O)c1CCO. The van der Waals surface area contributed by atoms with Crippen LogP contribution in [0, 0.1) is 12.7 Å². The second kappa shape index (κ2) is 7.81. The van der Waals surface area contributed by atoms with Gasteiger partial charge in [0, 0.05) is 40.4 Å². The molecule has 0 saturated carbocycles. The summed E-state index contributed by atoms with van der Waals surface area (Å²) in [6.45, 7) is 1.63. The molecule has 0 radical (unpaired) electrons. The lowest BCUT2D eigenvalue weighted by Gasteiger charge is -2.16. The summed E-state index contributed by atoms with van der Waals surface area (Å²) in [5.41, 5.74) is 1.81. The summed E-state index contributed by atoms with van der Waals surface area (Å²) in [5, 5.41) is 9.83. The lowest BCUT2D eigenvalue weighted by molar-refractivity contribution is 0.298. The molecule has 0 saturated heterocycles. The molecule has 2 aromatic carbocycles. The molecule has 0 atom stereocenters. The van der Waals surface area contributed by atoms with Crippen LogP contribution >= 0.6 is 11.6 Å². The van der Waals surface area contributed by atoms with Gasteiger partial charge >= 0.3 is 0 Å². The molecule has 26 heavy (non-hydrogen) atoms. The predicted molar refractivity (Wildman–Crippen MR) is 100.0 cm³/mol. The molecule has 0 unspecified atom stereocenters. The predicted octanol–water partition coefficient (Wildman–Crippen LogP) is 3.59. The van der Waals surface area contributed by atoms with Crippen molar-refractivity contribution in [2.24, 2.45) is 0 Å². The Morgan fingerprint density at radius 1 is 1.15 bits per heavy atom. The van der Waals surface area contributed by atoms with Crippen LogP contribution in [0.15, 0.2) is 53.3 Å². The van der Waals surface area contributed by atoms with E-state index in [4.69, 9.17) is 11.6 Å². The van der Waals surface area contributed by atoms with E-state index in [1.165, 1.54) is 10.6 Å². The first-order chi connectivity index (χ1) is 12.5. The van der Waals surface area contributed by atoms with E-state index in [2.05, 4.69) is 4.98 Å². The first-order valence-corrected chi connectivity index (χ1v) is 8.59. The third-order valence-corrected chi connectivity index (χ3v) is 4.47. The fourth-order valence-corrected chi connectivity index (χ4v) is 2.99.